The fourth-order valence-corrected chi connectivity index (χ4v) is 0.654. The largest absolute Gasteiger partial charge is 0.288 e. The van der Waals surface area contributed by atoms with Gasteiger partial charge in [0.2, 0.25) is 0 Å². The molecular formula is C5H7NOSZn. The maximum absolute atomic E-state index is 8.80. The van der Waals surface area contributed by atoms with Crippen molar-refractivity contribution in [2.24, 2.45) is 0 Å². The summed E-state index contributed by atoms with van der Waals surface area (Å²) >= 11 is 3.99. The van der Waals surface area contributed by atoms with Crippen molar-refractivity contribution in [1.82, 2.24) is 5.06 Å². The van der Waals surface area contributed by atoms with E-state index in [0.717, 1.165) is 5.06 Å². The summed E-state index contributed by atoms with van der Waals surface area (Å²) in [5.74, 6) is 0. The van der Waals surface area contributed by atoms with Crippen LogP contribution in [0.25, 0.3) is 0 Å². The summed E-state index contributed by atoms with van der Waals surface area (Å²) in [6.07, 6.45) is 6.91. The van der Waals surface area contributed by atoms with Gasteiger partial charge >= 0.3 is 0 Å². The van der Waals surface area contributed by atoms with E-state index in [-0.39, 0.29) is 24.9 Å². The van der Waals surface area contributed by atoms with Crippen LogP contribution in [-0.4, -0.2) is 15.6 Å². The van der Waals surface area contributed by atoms with E-state index in [9.17, 15) is 0 Å². The second-order valence-electron chi connectivity index (χ2n) is 1.52. The zero-order valence-electron chi connectivity index (χ0n) is 4.94. The molecule has 1 atom stereocenters. The maximum atomic E-state index is 8.80. The third kappa shape index (κ3) is 2.52. The van der Waals surface area contributed by atoms with Crippen LogP contribution in [0, 0.1) is 0 Å². The second-order valence-corrected chi connectivity index (χ2v) is 2.05. The van der Waals surface area contributed by atoms with Crippen molar-refractivity contribution >= 4 is 12.6 Å². The van der Waals surface area contributed by atoms with Crippen molar-refractivity contribution in [3.63, 3.8) is 0 Å². The SMILES string of the molecule is ON1C=CC=CC1S.[Zn]. The summed E-state index contributed by atoms with van der Waals surface area (Å²) in [4.78, 5) is 0. The molecule has 0 radical (unpaired) electrons. The fraction of sp³-hybridized carbons (Fsp3) is 0.200. The first kappa shape index (κ1) is 9.21. The van der Waals surface area contributed by atoms with Crippen molar-refractivity contribution in [2.75, 3.05) is 0 Å². The minimum atomic E-state index is -0.181. The van der Waals surface area contributed by atoms with Crippen molar-refractivity contribution < 1.29 is 24.7 Å². The summed E-state index contributed by atoms with van der Waals surface area (Å²) in [5.41, 5.74) is 0. The molecule has 1 rings (SSSR count). The monoisotopic (exact) mass is 193 g/mol. The molecule has 0 amide bonds. The summed E-state index contributed by atoms with van der Waals surface area (Å²) in [6.45, 7) is 0. The Kier molecular flexibility index (Phi) is 4.19. The van der Waals surface area contributed by atoms with Gasteiger partial charge in [-0.25, -0.2) is 5.06 Å². The normalized spacial score (nSPS) is 23.8. The average molecular weight is 195 g/mol. The summed E-state index contributed by atoms with van der Waals surface area (Å²) in [5, 5.41) is 9.65. The van der Waals surface area contributed by atoms with Gasteiger partial charge in [0.05, 0.1) is 0 Å². The number of hydrogen-bond acceptors (Lipinski definition) is 3. The first-order valence-corrected chi connectivity index (χ1v) is 2.82. The summed E-state index contributed by atoms with van der Waals surface area (Å²) < 4.78 is 0. The van der Waals surface area contributed by atoms with Crippen LogP contribution in [0.4, 0.5) is 0 Å². The van der Waals surface area contributed by atoms with Crippen LogP contribution in [0.1, 0.15) is 0 Å². The van der Waals surface area contributed by atoms with Gasteiger partial charge in [0, 0.05) is 25.7 Å². The third-order valence-corrected chi connectivity index (χ3v) is 1.31. The minimum absolute atomic E-state index is 0. The molecule has 0 saturated carbocycles. The fourth-order valence-electron chi connectivity index (χ4n) is 0.478. The quantitative estimate of drug-likeness (QED) is 0.444. The molecule has 1 unspecified atom stereocenters. The predicted octanol–water partition coefficient (Wildman–Crippen LogP) is 1.01. The van der Waals surface area contributed by atoms with Crippen LogP contribution in [0.15, 0.2) is 24.4 Å². The number of nitrogens with zero attached hydrogens (tertiary/aromatic N) is 1. The van der Waals surface area contributed by atoms with Crippen LogP contribution in [0.5, 0.6) is 0 Å². The molecule has 0 aliphatic carbocycles. The molecule has 1 heterocycles. The van der Waals surface area contributed by atoms with Gasteiger partial charge in [-0.2, -0.15) is 0 Å². The summed E-state index contributed by atoms with van der Waals surface area (Å²) in [6, 6.07) is 0. The number of hydrogen-bond donors (Lipinski definition) is 2. The molecule has 0 bridgehead atoms. The van der Waals surface area contributed by atoms with E-state index in [4.69, 9.17) is 5.21 Å². The topological polar surface area (TPSA) is 23.5 Å². The molecule has 0 aromatic rings. The molecule has 4 heteroatoms. The van der Waals surface area contributed by atoms with E-state index < -0.39 is 0 Å². The molecule has 0 fully saturated rings. The van der Waals surface area contributed by atoms with Crippen LogP contribution in [-0.2, 0) is 19.5 Å². The van der Waals surface area contributed by atoms with Crippen LogP contribution >= 0.6 is 12.6 Å². The Morgan fingerprint density at radius 1 is 1.44 bits per heavy atom. The Morgan fingerprint density at radius 2 is 2.11 bits per heavy atom. The Balaban J connectivity index is 0.000000640. The van der Waals surface area contributed by atoms with E-state index in [2.05, 4.69) is 12.6 Å². The van der Waals surface area contributed by atoms with Gasteiger partial charge in [-0.15, -0.1) is 12.6 Å². The van der Waals surface area contributed by atoms with Gasteiger partial charge < -0.3 is 0 Å². The van der Waals surface area contributed by atoms with E-state index >= 15 is 0 Å². The van der Waals surface area contributed by atoms with Gasteiger partial charge in [-0.3, -0.25) is 5.21 Å². The standard InChI is InChI=1S/C5H7NOS.Zn/c7-6-4-2-1-3-5(6)8;/h1-5,7-8H;. The van der Waals surface area contributed by atoms with Crippen molar-refractivity contribution in [1.29, 1.82) is 0 Å². The first-order valence-electron chi connectivity index (χ1n) is 2.31. The summed E-state index contributed by atoms with van der Waals surface area (Å²) in [7, 11) is 0. The van der Waals surface area contributed by atoms with Gasteiger partial charge in [0.15, 0.2) is 0 Å². The van der Waals surface area contributed by atoms with Crippen molar-refractivity contribution in [2.45, 2.75) is 5.37 Å². The van der Waals surface area contributed by atoms with E-state index in [1.54, 1.807) is 18.4 Å². The van der Waals surface area contributed by atoms with Crippen LogP contribution < -0.4 is 0 Å². The molecule has 0 saturated heterocycles. The number of hydroxylamine groups is 2. The molecule has 0 aromatic heterocycles. The maximum Gasteiger partial charge on any atom is 0.116 e. The average Bonchev–Trinajstić information content (AvgIpc) is 1.77. The van der Waals surface area contributed by atoms with Crippen molar-refractivity contribution in [3.8, 4) is 0 Å². The number of thiol groups is 1. The smallest absolute Gasteiger partial charge is 0.116 e. The molecule has 1 aliphatic rings. The van der Waals surface area contributed by atoms with Crippen molar-refractivity contribution in [3.05, 3.63) is 24.4 Å². The zero-order chi connectivity index (χ0) is 5.98. The van der Waals surface area contributed by atoms with E-state index in [1.165, 1.54) is 0 Å². The number of rotatable bonds is 0. The molecule has 0 spiro atoms. The molecule has 2 nitrogen and oxygen atoms in total. The minimum Gasteiger partial charge on any atom is -0.288 e. The first-order chi connectivity index (χ1) is 3.80. The van der Waals surface area contributed by atoms with Gasteiger partial charge in [-0.1, -0.05) is 6.08 Å². The number of allylic oxidation sites excluding steroid dienone is 2. The Morgan fingerprint density at radius 3 is 2.44 bits per heavy atom. The van der Waals surface area contributed by atoms with E-state index in [1.807, 2.05) is 6.08 Å². The molecule has 1 aliphatic heterocycles. The van der Waals surface area contributed by atoms with Crippen LogP contribution in [0.2, 0.25) is 0 Å². The van der Waals surface area contributed by atoms with Gasteiger partial charge in [-0.05, 0) is 12.2 Å². The zero-order valence-corrected chi connectivity index (χ0v) is 8.80. The molecular weight excluding hydrogens is 188 g/mol. The third-order valence-electron chi connectivity index (χ3n) is 0.904. The van der Waals surface area contributed by atoms with Crippen LogP contribution in [0.3, 0.4) is 0 Å². The Labute approximate surface area is 72.4 Å². The molecule has 0 aromatic carbocycles. The molecule has 9 heavy (non-hydrogen) atoms. The van der Waals surface area contributed by atoms with Gasteiger partial charge in [0.1, 0.15) is 5.37 Å². The predicted molar refractivity (Wildman–Crippen MR) is 34.7 cm³/mol. The molecule has 1 N–H and O–H groups in total. The van der Waals surface area contributed by atoms with E-state index in [0.29, 0.717) is 0 Å². The second kappa shape index (κ2) is 4.10. The Bertz CT molecular complexity index is 121. The molecule has 46 valence electrons. The van der Waals surface area contributed by atoms with Gasteiger partial charge in [0.25, 0.3) is 0 Å². The Hall–Kier alpha value is 0.213.